The number of imidazole rings is 1. The average Bonchev–Trinajstić information content (AvgIpc) is 3.18. The predicted octanol–water partition coefficient (Wildman–Crippen LogP) is 2.77. The summed E-state index contributed by atoms with van der Waals surface area (Å²) in [6, 6.07) is 4.69. The molecule has 2 fully saturated rings. The van der Waals surface area contributed by atoms with Crippen LogP contribution >= 0.6 is 0 Å². The molecule has 0 aromatic carbocycles. The molecule has 0 unspecified atom stereocenters. The molecular weight excluding hydrogens is 314 g/mol. The molecule has 3 aromatic rings. The van der Waals surface area contributed by atoms with E-state index < -0.39 is 0 Å². The van der Waals surface area contributed by atoms with Crippen LogP contribution < -0.4 is 10.2 Å². The number of hydrogen-bond acceptors (Lipinski definition) is 6. The second-order valence-electron chi connectivity index (χ2n) is 6.81. The van der Waals surface area contributed by atoms with E-state index in [0.717, 1.165) is 35.9 Å². The van der Waals surface area contributed by atoms with Crippen LogP contribution in [0.15, 0.2) is 31.0 Å². The molecule has 0 bridgehead atoms. The van der Waals surface area contributed by atoms with Gasteiger partial charge in [-0.1, -0.05) is 6.07 Å². The number of pyridine rings is 1. The van der Waals surface area contributed by atoms with E-state index >= 15 is 0 Å². The monoisotopic (exact) mass is 335 g/mol. The van der Waals surface area contributed by atoms with Crippen molar-refractivity contribution in [2.24, 2.45) is 0 Å². The number of nitrogens with zero attached hydrogens (tertiary/aromatic N) is 6. The highest BCUT2D eigenvalue weighted by atomic mass is 15.2. The highest BCUT2D eigenvalue weighted by Crippen LogP contribution is 2.37. The molecule has 3 aromatic heterocycles. The van der Waals surface area contributed by atoms with Crippen molar-refractivity contribution in [3.8, 4) is 0 Å². The van der Waals surface area contributed by atoms with Crippen LogP contribution in [0.5, 0.6) is 0 Å². The van der Waals surface area contributed by atoms with Crippen LogP contribution in [0, 0.1) is 0 Å². The molecule has 0 radical (unpaired) electrons. The lowest BCUT2D eigenvalue weighted by atomic mass is 10.2. The van der Waals surface area contributed by atoms with Gasteiger partial charge in [0.1, 0.15) is 17.7 Å². The van der Waals surface area contributed by atoms with E-state index in [9.17, 15) is 0 Å². The molecule has 1 saturated heterocycles. The largest absolute Gasteiger partial charge is 0.364 e. The summed E-state index contributed by atoms with van der Waals surface area (Å²) in [5.74, 6) is 1.88. The fourth-order valence-corrected chi connectivity index (χ4v) is 3.56. The minimum absolute atomic E-state index is 0.563. The molecule has 2 aliphatic rings. The molecule has 0 atom stereocenters. The van der Waals surface area contributed by atoms with Crippen LogP contribution in [-0.4, -0.2) is 37.6 Å². The van der Waals surface area contributed by atoms with Crippen molar-refractivity contribution in [3.63, 3.8) is 0 Å². The third-order valence-corrected chi connectivity index (χ3v) is 5.02. The predicted molar refractivity (Wildman–Crippen MR) is 96.6 cm³/mol. The standard InChI is InChI=1S/C18H21N7/c1-2-9-24(8-1)17-13(4-3-7-19-17)10-20-16-15-18(22-11-21-16)25(12-23-15)14-5-6-14/h3-4,7,11-12,14H,1-2,5-6,8-10H2,(H,20,21,22). The van der Waals surface area contributed by atoms with E-state index in [-0.39, 0.29) is 0 Å². The minimum atomic E-state index is 0.563. The Morgan fingerprint density at radius 2 is 1.96 bits per heavy atom. The average molecular weight is 335 g/mol. The van der Waals surface area contributed by atoms with Crippen LogP contribution in [0.25, 0.3) is 11.2 Å². The van der Waals surface area contributed by atoms with Gasteiger partial charge in [-0.15, -0.1) is 0 Å². The Balaban J connectivity index is 1.41. The number of hydrogen-bond donors (Lipinski definition) is 1. The highest BCUT2D eigenvalue weighted by Gasteiger charge is 2.26. The van der Waals surface area contributed by atoms with Gasteiger partial charge in [0.15, 0.2) is 11.5 Å². The SMILES string of the molecule is c1cnc(N2CCCC2)c(CNc2ncnc3c2ncn3C2CC2)c1. The van der Waals surface area contributed by atoms with Gasteiger partial charge in [0, 0.05) is 37.4 Å². The molecule has 25 heavy (non-hydrogen) atoms. The van der Waals surface area contributed by atoms with Crippen LogP contribution in [0.1, 0.15) is 37.3 Å². The smallest absolute Gasteiger partial charge is 0.165 e. The lowest BCUT2D eigenvalue weighted by molar-refractivity contribution is 0.756. The van der Waals surface area contributed by atoms with Gasteiger partial charge in [-0.2, -0.15) is 0 Å². The van der Waals surface area contributed by atoms with Gasteiger partial charge >= 0.3 is 0 Å². The van der Waals surface area contributed by atoms with Crippen LogP contribution in [-0.2, 0) is 6.54 Å². The van der Waals surface area contributed by atoms with E-state index in [1.165, 1.54) is 31.2 Å². The fourth-order valence-electron chi connectivity index (χ4n) is 3.56. The second kappa shape index (κ2) is 5.98. The zero-order chi connectivity index (χ0) is 16.6. The summed E-state index contributed by atoms with van der Waals surface area (Å²) < 4.78 is 2.17. The van der Waals surface area contributed by atoms with Gasteiger partial charge in [-0.25, -0.2) is 19.9 Å². The topological polar surface area (TPSA) is 71.8 Å². The first-order chi connectivity index (χ1) is 12.4. The second-order valence-corrected chi connectivity index (χ2v) is 6.81. The molecule has 128 valence electrons. The molecule has 7 nitrogen and oxygen atoms in total. The molecule has 0 amide bonds. The van der Waals surface area contributed by atoms with E-state index in [4.69, 9.17) is 0 Å². The third-order valence-electron chi connectivity index (χ3n) is 5.02. The number of anilines is 2. The Hall–Kier alpha value is -2.70. The Labute approximate surface area is 146 Å². The zero-order valence-electron chi connectivity index (χ0n) is 14.1. The molecule has 7 heteroatoms. The fraction of sp³-hybridized carbons (Fsp3) is 0.444. The lowest BCUT2D eigenvalue weighted by Crippen LogP contribution is -2.21. The molecule has 1 aliphatic heterocycles. The van der Waals surface area contributed by atoms with E-state index in [1.54, 1.807) is 6.33 Å². The maximum atomic E-state index is 4.60. The molecule has 1 N–H and O–H groups in total. The first kappa shape index (κ1) is 14.6. The van der Waals surface area contributed by atoms with Crippen LogP contribution in [0.4, 0.5) is 11.6 Å². The van der Waals surface area contributed by atoms with E-state index in [1.807, 2.05) is 18.6 Å². The van der Waals surface area contributed by atoms with Gasteiger partial charge in [0.2, 0.25) is 0 Å². The normalized spacial score (nSPS) is 17.4. The van der Waals surface area contributed by atoms with Crippen molar-refractivity contribution >= 4 is 22.8 Å². The Kier molecular flexibility index (Phi) is 3.50. The molecule has 1 saturated carbocycles. The van der Waals surface area contributed by atoms with Crippen molar-refractivity contribution in [2.75, 3.05) is 23.3 Å². The summed E-state index contributed by atoms with van der Waals surface area (Å²) in [5, 5.41) is 3.45. The Bertz CT molecular complexity index is 893. The lowest BCUT2D eigenvalue weighted by Gasteiger charge is -2.20. The molecule has 1 aliphatic carbocycles. The van der Waals surface area contributed by atoms with Gasteiger partial charge in [-0.3, -0.25) is 0 Å². The summed E-state index contributed by atoms with van der Waals surface area (Å²) in [7, 11) is 0. The summed E-state index contributed by atoms with van der Waals surface area (Å²) in [6.45, 7) is 2.86. The van der Waals surface area contributed by atoms with Crippen molar-refractivity contribution in [1.29, 1.82) is 0 Å². The number of fused-ring (bicyclic) bond motifs is 1. The first-order valence-electron chi connectivity index (χ1n) is 9.00. The maximum Gasteiger partial charge on any atom is 0.165 e. The Morgan fingerprint density at radius 3 is 2.80 bits per heavy atom. The van der Waals surface area contributed by atoms with Crippen molar-refractivity contribution < 1.29 is 0 Å². The highest BCUT2D eigenvalue weighted by molar-refractivity contribution is 5.82. The van der Waals surface area contributed by atoms with Gasteiger partial charge in [0.05, 0.1) is 6.33 Å². The number of rotatable bonds is 5. The van der Waals surface area contributed by atoms with Gasteiger partial charge in [0.25, 0.3) is 0 Å². The molecule has 5 rings (SSSR count). The first-order valence-corrected chi connectivity index (χ1v) is 9.00. The molecule has 4 heterocycles. The van der Waals surface area contributed by atoms with Crippen LogP contribution in [0.3, 0.4) is 0 Å². The third kappa shape index (κ3) is 2.69. The van der Waals surface area contributed by atoms with Crippen molar-refractivity contribution in [3.05, 3.63) is 36.5 Å². The van der Waals surface area contributed by atoms with E-state index in [2.05, 4.69) is 40.8 Å². The summed E-state index contributed by atoms with van der Waals surface area (Å²) >= 11 is 0. The van der Waals surface area contributed by atoms with Crippen molar-refractivity contribution in [2.45, 2.75) is 38.3 Å². The minimum Gasteiger partial charge on any atom is -0.364 e. The van der Waals surface area contributed by atoms with Gasteiger partial charge in [-0.05, 0) is 31.7 Å². The van der Waals surface area contributed by atoms with Crippen LogP contribution in [0.2, 0.25) is 0 Å². The van der Waals surface area contributed by atoms with E-state index in [0.29, 0.717) is 12.6 Å². The number of nitrogens with one attached hydrogen (secondary N) is 1. The number of aromatic nitrogens is 5. The Morgan fingerprint density at radius 1 is 1.08 bits per heavy atom. The van der Waals surface area contributed by atoms with Crippen molar-refractivity contribution in [1.82, 2.24) is 24.5 Å². The molecular formula is C18H21N7. The van der Waals surface area contributed by atoms with Gasteiger partial charge < -0.3 is 14.8 Å². The summed E-state index contributed by atoms with van der Waals surface area (Å²) in [4.78, 5) is 20.4. The molecule has 0 spiro atoms. The quantitative estimate of drug-likeness (QED) is 0.773. The summed E-state index contributed by atoms with van der Waals surface area (Å²) in [6.07, 6.45) is 10.3. The zero-order valence-corrected chi connectivity index (χ0v) is 14.1. The summed E-state index contributed by atoms with van der Waals surface area (Å²) in [5.41, 5.74) is 2.96. The maximum absolute atomic E-state index is 4.60.